The normalized spacial score (nSPS) is 16.0. The summed E-state index contributed by atoms with van der Waals surface area (Å²) in [5.41, 5.74) is 8.40. The van der Waals surface area contributed by atoms with Crippen LogP contribution in [0, 0.1) is 5.92 Å². The number of likely N-dealkylation sites (tertiary alicyclic amines) is 1. The van der Waals surface area contributed by atoms with Gasteiger partial charge in [-0.2, -0.15) is 0 Å². The molecular formula is C17H21N3OS. The Labute approximate surface area is 135 Å². The van der Waals surface area contributed by atoms with Crippen LogP contribution in [-0.2, 0) is 11.2 Å². The monoisotopic (exact) mass is 315 g/mol. The SMILES string of the molecule is CC1CCN(C(=O)Cc2nc(-c3ccc(N)cc3)cs2)CC1. The fourth-order valence-corrected chi connectivity index (χ4v) is 3.47. The lowest BCUT2D eigenvalue weighted by molar-refractivity contribution is -0.131. The first-order valence-corrected chi connectivity index (χ1v) is 8.58. The Morgan fingerprint density at radius 1 is 1.32 bits per heavy atom. The summed E-state index contributed by atoms with van der Waals surface area (Å²) in [4.78, 5) is 18.9. The van der Waals surface area contributed by atoms with E-state index in [2.05, 4.69) is 11.9 Å². The third kappa shape index (κ3) is 3.47. The number of hydrogen-bond acceptors (Lipinski definition) is 4. The van der Waals surface area contributed by atoms with E-state index in [-0.39, 0.29) is 5.91 Å². The van der Waals surface area contributed by atoms with Crippen LogP contribution >= 0.6 is 11.3 Å². The Hall–Kier alpha value is -1.88. The number of thiazole rings is 1. The summed E-state index contributed by atoms with van der Waals surface area (Å²) in [7, 11) is 0. The molecule has 5 heteroatoms. The van der Waals surface area contributed by atoms with E-state index in [1.165, 1.54) is 0 Å². The molecule has 0 unspecified atom stereocenters. The van der Waals surface area contributed by atoms with Gasteiger partial charge in [-0.25, -0.2) is 4.98 Å². The molecule has 4 nitrogen and oxygen atoms in total. The minimum Gasteiger partial charge on any atom is -0.399 e. The maximum atomic E-state index is 12.3. The van der Waals surface area contributed by atoms with E-state index in [0.29, 0.717) is 6.42 Å². The maximum absolute atomic E-state index is 12.3. The second kappa shape index (κ2) is 6.48. The third-order valence-corrected chi connectivity index (χ3v) is 5.05. The number of piperidine rings is 1. The number of aromatic nitrogens is 1. The smallest absolute Gasteiger partial charge is 0.229 e. The molecule has 2 N–H and O–H groups in total. The predicted octanol–water partition coefficient (Wildman–Crippen LogP) is 3.19. The van der Waals surface area contributed by atoms with Gasteiger partial charge in [0, 0.05) is 29.7 Å². The van der Waals surface area contributed by atoms with Crippen LogP contribution in [0.2, 0.25) is 0 Å². The lowest BCUT2D eigenvalue weighted by Crippen LogP contribution is -2.38. The first kappa shape index (κ1) is 15.0. The Morgan fingerprint density at radius 3 is 2.68 bits per heavy atom. The van der Waals surface area contributed by atoms with Gasteiger partial charge < -0.3 is 10.6 Å². The van der Waals surface area contributed by atoms with Crippen LogP contribution in [0.3, 0.4) is 0 Å². The van der Waals surface area contributed by atoms with Crippen LogP contribution in [0.5, 0.6) is 0 Å². The second-order valence-electron chi connectivity index (χ2n) is 5.99. The van der Waals surface area contributed by atoms with Crippen molar-refractivity contribution >= 4 is 22.9 Å². The molecule has 0 atom stereocenters. The van der Waals surface area contributed by atoms with E-state index in [0.717, 1.165) is 53.8 Å². The average molecular weight is 315 g/mol. The summed E-state index contributed by atoms with van der Waals surface area (Å²) in [5, 5.41) is 2.89. The minimum atomic E-state index is 0.199. The van der Waals surface area contributed by atoms with Gasteiger partial charge in [0.2, 0.25) is 5.91 Å². The Balaban J connectivity index is 1.64. The van der Waals surface area contributed by atoms with Crippen molar-refractivity contribution in [2.45, 2.75) is 26.2 Å². The quantitative estimate of drug-likeness (QED) is 0.885. The summed E-state index contributed by atoms with van der Waals surface area (Å²) < 4.78 is 0. The third-order valence-electron chi connectivity index (χ3n) is 4.20. The van der Waals surface area contributed by atoms with E-state index < -0.39 is 0 Å². The first-order valence-electron chi connectivity index (χ1n) is 7.70. The van der Waals surface area contributed by atoms with Crippen molar-refractivity contribution in [2.24, 2.45) is 5.92 Å². The number of rotatable bonds is 3. The Kier molecular flexibility index (Phi) is 4.43. The molecule has 1 aromatic heterocycles. The van der Waals surface area contributed by atoms with E-state index in [9.17, 15) is 4.79 Å². The fraction of sp³-hybridized carbons (Fsp3) is 0.412. The van der Waals surface area contributed by atoms with Crippen LogP contribution in [0.25, 0.3) is 11.3 Å². The Bertz CT molecular complexity index is 642. The number of nitrogen functional groups attached to an aromatic ring is 1. The van der Waals surface area contributed by atoms with Crippen LogP contribution < -0.4 is 5.73 Å². The van der Waals surface area contributed by atoms with Crippen molar-refractivity contribution < 1.29 is 4.79 Å². The number of anilines is 1. The van der Waals surface area contributed by atoms with Crippen molar-refractivity contribution in [3.8, 4) is 11.3 Å². The van der Waals surface area contributed by atoms with Gasteiger partial charge in [-0.05, 0) is 30.9 Å². The molecule has 1 saturated heterocycles. The van der Waals surface area contributed by atoms with Gasteiger partial charge in [0.1, 0.15) is 5.01 Å². The molecule has 1 fully saturated rings. The topological polar surface area (TPSA) is 59.2 Å². The van der Waals surface area contributed by atoms with Crippen molar-refractivity contribution in [1.82, 2.24) is 9.88 Å². The van der Waals surface area contributed by atoms with Gasteiger partial charge >= 0.3 is 0 Å². The number of benzene rings is 1. The van der Waals surface area contributed by atoms with E-state index in [1.54, 1.807) is 11.3 Å². The Morgan fingerprint density at radius 2 is 2.00 bits per heavy atom. The molecule has 1 aliphatic rings. The second-order valence-corrected chi connectivity index (χ2v) is 6.93. The summed E-state index contributed by atoms with van der Waals surface area (Å²) in [5.74, 6) is 0.936. The van der Waals surface area contributed by atoms with Crippen LogP contribution in [0.1, 0.15) is 24.8 Å². The molecule has 0 saturated carbocycles. The van der Waals surface area contributed by atoms with E-state index in [4.69, 9.17) is 5.73 Å². The molecule has 2 heterocycles. The van der Waals surface area contributed by atoms with E-state index in [1.807, 2.05) is 34.5 Å². The van der Waals surface area contributed by atoms with Crippen LogP contribution in [0.15, 0.2) is 29.6 Å². The molecular weight excluding hydrogens is 294 g/mol. The van der Waals surface area contributed by atoms with Gasteiger partial charge in [-0.3, -0.25) is 4.79 Å². The zero-order valence-electron chi connectivity index (χ0n) is 12.8. The molecule has 1 aromatic carbocycles. The summed E-state index contributed by atoms with van der Waals surface area (Å²) >= 11 is 1.55. The van der Waals surface area contributed by atoms with E-state index >= 15 is 0 Å². The zero-order valence-corrected chi connectivity index (χ0v) is 13.6. The summed E-state index contributed by atoms with van der Waals surface area (Å²) in [6.07, 6.45) is 2.63. The van der Waals surface area contributed by atoms with Crippen LogP contribution in [-0.4, -0.2) is 28.9 Å². The van der Waals surface area contributed by atoms with Gasteiger partial charge in [0.05, 0.1) is 12.1 Å². The molecule has 22 heavy (non-hydrogen) atoms. The highest BCUT2D eigenvalue weighted by Gasteiger charge is 2.21. The number of hydrogen-bond donors (Lipinski definition) is 1. The predicted molar refractivity (Wildman–Crippen MR) is 90.6 cm³/mol. The van der Waals surface area contributed by atoms with Crippen LogP contribution in [0.4, 0.5) is 5.69 Å². The highest BCUT2D eigenvalue weighted by Crippen LogP contribution is 2.24. The molecule has 1 aliphatic heterocycles. The van der Waals surface area contributed by atoms with Gasteiger partial charge in [0.15, 0.2) is 0 Å². The lowest BCUT2D eigenvalue weighted by atomic mass is 9.99. The highest BCUT2D eigenvalue weighted by atomic mass is 32.1. The molecule has 1 amide bonds. The van der Waals surface area contributed by atoms with Gasteiger partial charge in [0.25, 0.3) is 0 Å². The molecule has 0 radical (unpaired) electrons. The molecule has 0 aliphatic carbocycles. The molecule has 116 valence electrons. The number of nitrogens with zero attached hydrogens (tertiary/aromatic N) is 2. The largest absolute Gasteiger partial charge is 0.399 e. The number of carbonyl (C=O) groups excluding carboxylic acids is 1. The molecule has 0 bridgehead atoms. The van der Waals surface area contributed by atoms with Gasteiger partial charge in [-0.1, -0.05) is 19.1 Å². The average Bonchev–Trinajstić information content (AvgIpc) is 2.97. The fourth-order valence-electron chi connectivity index (χ4n) is 2.68. The maximum Gasteiger partial charge on any atom is 0.229 e. The molecule has 2 aromatic rings. The number of nitrogens with two attached hydrogens (primary N) is 1. The highest BCUT2D eigenvalue weighted by molar-refractivity contribution is 7.10. The van der Waals surface area contributed by atoms with Crippen molar-refractivity contribution in [3.63, 3.8) is 0 Å². The minimum absolute atomic E-state index is 0.199. The van der Waals surface area contributed by atoms with Crippen molar-refractivity contribution in [2.75, 3.05) is 18.8 Å². The van der Waals surface area contributed by atoms with Crippen molar-refractivity contribution in [1.29, 1.82) is 0 Å². The number of carbonyl (C=O) groups is 1. The molecule has 0 spiro atoms. The summed E-state index contributed by atoms with van der Waals surface area (Å²) in [6, 6.07) is 7.66. The van der Waals surface area contributed by atoms with Crippen molar-refractivity contribution in [3.05, 3.63) is 34.7 Å². The molecule has 3 rings (SSSR count). The van der Waals surface area contributed by atoms with Gasteiger partial charge in [-0.15, -0.1) is 11.3 Å². The summed E-state index contributed by atoms with van der Waals surface area (Å²) in [6.45, 7) is 4.02. The lowest BCUT2D eigenvalue weighted by Gasteiger charge is -2.30. The first-order chi connectivity index (χ1) is 10.6. The standard InChI is InChI=1S/C17H21N3OS/c1-12-6-8-20(9-7-12)17(21)10-16-19-15(11-22-16)13-2-4-14(18)5-3-13/h2-5,11-12H,6-10,18H2,1H3. The zero-order chi connectivity index (χ0) is 15.5. The number of amides is 1.